The number of nitrogens with one attached hydrogen (secondary N) is 2. The van der Waals surface area contributed by atoms with Gasteiger partial charge in [0.2, 0.25) is 0 Å². The Morgan fingerprint density at radius 2 is 0.294 bits per heavy atom. The number of ether oxygens (including phenoxy) is 4. The van der Waals surface area contributed by atoms with Gasteiger partial charge in [0.15, 0.2) is 0 Å². The second-order valence-corrected chi connectivity index (χ2v) is 41.5. The highest BCUT2D eigenvalue weighted by molar-refractivity contribution is 6.00. The number of hydrogen-bond acceptors (Lipinski definition) is 6. The monoisotopic (exact) mass is 1860 g/mol. The van der Waals surface area contributed by atoms with E-state index in [2.05, 4.69) is 183 Å². The van der Waals surface area contributed by atoms with E-state index in [1.165, 1.54) is 459 Å². The van der Waals surface area contributed by atoms with Crippen LogP contribution in [-0.4, -0.2) is 46.4 Å². The Hall–Kier alpha value is -6.68. The summed E-state index contributed by atoms with van der Waals surface area (Å²) in [5.74, 6) is 0. The van der Waals surface area contributed by atoms with Gasteiger partial charge in [0.25, 0.3) is 0 Å². The summed E-state index contributed by atoms with van der Waals surface area (Å²) in [5, 5.41) is 0. The molecule has 9 rings (SSSR count). The highest BCUT2D eigenvalue weighted by Crippen LogP contribution is 2.40. The van der Waals surface area contributed by atoms with Crippen LogP contribution < -0.4 is 0 Å². The molecule has 0 atom stereocenters. The zero-order chi connectivity index (χ0) is 94.7. The third-order valence-electron chi connectivity index (χ3n) is 29.4. The van der Waals surface area contributed by atoms with Crippen molar-refractivity contribution < 1.29 is 18.9 Å². The number of aromatic amines is 2. The van der Waals surface area contributed by atoms with Crippen LogP contribution in [0.4, 0.5) is 0 Å². The fourth-order valence-corrected chi connectivity index (χ4v) is 20.7. The van der Waals surface area contributed by atoms with Crippen LogP contribution in [0.15, 0.2) is 121 Å². The molecule has 7 aromatic rings. The number of nitrogens with zero attached hydrogens (tertiary/aromatic N) is 2. The minimum Gasteiger partial charge on any atom is -0.377 e. The van der Waals surface area contributed by atoms with Gasteiger partial charge in [-0.3, -0.25) is 0 Å². The molecule has 8 nitrogen and oxygen atoms in total. The normalized spacial score (nSPS) is 12.0. The molecule has 8 bridgehead atoms. The summed E-state index contributed by atoms with van der Waals surface area (Å²) >= 11 is 0. The molecule has 2 aliphatic heterocycles. The Labute approximate surface area is 833 Å². The standard InChI is InChI=1S/C128H198N4O4/c1-5-9-13-17-21-25-29-33-37-41-45-49-53-57-61-65-69-73-101-133-105-109-77-85-113(86-78-109)125-117-93-95-119(129-117)126(114-87-79-110(80-88-114)106-134-102-74-70-66-62-58-54-50-46-42-38-34-30-26-22-18-14-10-6-2)121-97-99-123(131-121)128(116-91-83-112(84-92-116)108-136-104-76-72-68-64-60-56-52-48-44-40-36-32-28-24-20-16-12-8-4)124-100-98-122(132-124)127(120-96-94-118(125)130-120)115-89-81-111(82-90-115)107-135-103-75-71-67-63-59-55-51-47-43-39-35-31-27-23-19-15-11-7-3/h77-100,129,132H,5-76,101-108H2,1-4H3. The number of aromatic nitrogens is 4. The van der Waals surface area contributed by atoms with E-state index in [4.69, 9.17) is 28.9 Å². The Balaban J connectivity index is 0.887. The maximum atomic E-state index is 6.43. The Bertz CT molecular complexity index is 3770. The fraction of sp³-hybridized carbons (Fsp3) is 0.656. The number of fused-ring (bicyclic) bond motifs is 8. The number of benzene rings is 4. The van der Waals surface area contributed by atoms with Crippen LogP contribution in [0.2, 0.25) is 0 Å². The fourth-order valence-electron chi connectivity index (χ4n) is 20.7. The van der Waals surface area contributed by atoms with E-state index in [0.717, 1.165) is 141 Å². The first-order valence-corrected chi connectivity index (χ1v) is 58.4. The van der Waals surface area contributed by atoms with Crippen LogP contribution >= 0.6 is 0 Å². The third kappa shape index (κ3) is 48.2. The second kappa shape index (κ2) is 76.1. The van der Waals surface area contributed by atoms with Gasteiger partial charge in [0.05, 0.1) is 49.2 Å². The second-order valence-electron chi connectivity index (χ2n) is 41.5. The Morgan fingerprint density at radius 1 is 0.162 bits per heavy atom. The van der Waals surface area contributed by atoms with Crippen LogP contribution in [0.5, 0.6) is 0 Å². The van der Waals surface area contributed by atoms with Crippen molar-refractivity contribution in [2.24, 2.45) is 0 Å². The van der Waals surface area contributed by atoms with Gasteiger partial charge in [-0.2, -0.15) is 0 Å². The van der Waals surface area contributed by atoms with Crippen LogP contribution in [0, 0.1) is 0 Å². The topological polar surface area (TPSA) is 94.3 Å². The first-order chi connectivity index (χ1) is 67.5. The highest BCUT2D eigenvalue weighted by Gasteiger charge is 2.21. The smallest absolute Gasteiger partial charge is 0.0737 e. The van der Waals surface area contributed by atoms with Gasteiger partial charge in [-0.25, -0.2) is 9.97 Å². The molecule has 0 saturated carbocycles. The maximum absolute atomic E-state index is 6.43. The van der Waals surface area contributed by atoms with E-state index in [0.29, 0.717) is 26.4 Å². The van der Waals surface area contributed by atoms with Crippen molar-refractivity contribution >= 4 is 46.4 Å². The lowest BCUT2D eigenvalue weighted by Gasteiger charge is -2.09. The molecule has 0 amide bonds. The Kier molecular flexibility index (Phi) is 63.2. The summed E-state index contributed by atoms with van der Waals surface area (Å²) in [5.41, 5.74) is 20.8. The molecule has 0 fully saturated rings. The lowest BCUT2D eigenvalue weighted by atomic mass is 10.0. The molecule has 0 radical (unpaired) electrons. The van der Waals surface area contributed by atoms with Crippen molar-refractivity contribution in [3.8, 4) is 44.5 Å². The van der Waals surface area contributed by atoms with Gasteiger partial charge in [0, 0.05) is 70.7 Å². The molecular weight excluding hydrogens is 1660 g/mol. The van der Waals surface area contributed by atoms with Crippen LogP contribution in [-0.2, 0) is 45.4 Å². The van der Waals surface area contributed by atoms with E-state index in [1.54, 1.807) is 0 Å². The lowest BCUT2D eigenvalue weighted by Crippen LogP contribution is -1.96. The molecule has 136 heavy (non-hydrogen) atoms. The summed E-state index contributed by atoms with van der Waals surface area (Å²) in [7, 11) is 0. The summed E-state index contributed by atoms with van der Waals surface area (Å²) < 4.78 is 25.7. The zero-order valence-electron chi connectivity index (χ0n) is 88.0. The molecule has 2 N–H and O–H groups in total. The SMILES string of the molecule is CCCCCCCCCCCCCCCCCCCCOCc1ccc(-c2c3nc(c(-c4ccc(COCCCCCCCCCCCCCCCCCCCC)cc4)c4ccc([nH]4)c(-c4ccc(COCCCCCCCCCCCCCCCCCCCC)cc4)c4nc(c(-c5ccc(COCCCCCCCCCCCCCCCCCCCC)cc5)c5ccc2[nH]5)C=C4)C=C3)cc1. The molecule has 8 heteroatoms. The maximum Gasteiger partial charge on any atom is 0.0737 e. The highest BCUT2D eigenvalue weighted by atomic mass is 16.5. The molecule has 3 aromatic heterocycles. The van der Waals surface area contributed by atoms with Crippen molar-refractivity contribution in [1.82, 2.24) is 19.9 Å². The van der Waals surface area contributed by atoms with Crippen molar-refractivity contribution in [3.05, 3.63) is 166 Å². The summed E-state index contributed by atoms with van der Waals surface area (Å²) in [6.07, 6.45) is 108. The van der Waals surface area contributed by atoms with E-state index >= 15 is 0 Å². The van der Waals surface area contributed by atoms with Crippen LogP contribution in [0.3, 0.4) is 0 Å². The van der Waals surface area contributed by atoms with E-state index < -0.39 is 0 Å². The van der Waals surface area contributed by atoms with Gasteiger partial charge >= 0.3 is 0 Å². The van der Waals surface area contributed by atoms with Crippen LogP contribution in [0.1, 0.15) is 535 Å². The van der Waals surface area contributed by atoms with Gasteiger partial charge < -0.3 is 28.9 Å². The molecule has 5 heterocycles. The molecular formula is C128H198N4O4. The molecule has 4 aromatic carbocycles. The summed E-state index contributed by atoms with van der Waals surface area (Å²) in [6, 6.07) is 45.3. The van der Waals surface area contributed by atoms with E-state index in [-0.39, 0.29) is 0 Å². The van der Waals surface area contributed by atoms with E-state index in [1.807, 2.05) is 0 Å². The van der Waals surface area contributed by atoms with E-state index in [9.17, 15) is 0 Å². The van der Waals surface area contributed by atoms with Gasteiger partial charge in [-0.1, -0.05) is 561 Å². The van der Waals surface area contributed by atoms with Crippen molar-refractivity contribution in [3.63, 3.8) is 0 Å². The number of rotatable bonds is 88. The third-order valence-corrected chi connectivity index (χ3v) is 29.4. The quantitative estimate of drug-likeness (QED) is 0.0369. The summed E-state index contributed by atoms with van der Waals surface area (Å²) in [6.45, 7) is 14.8. The lowest BCUT2D eigenvalue weighted by molar-refractivity contribution is 0.116. The molecule has 754 valence electrons. The number of unbranched alkanes of at least 4 members (excludes halogenated alkanes) is 68. The molecule has 0 aliphatic carbocycles. The molecule has 0 spiro atoms. The minimum atomic E-state index is 0.595. The van der Waals surface area contributed by atoms with Gasteiger partial charge in [-0.15, -0.1) is 0 Å². The minimum absolute atomic E-state index is 0.595. The van der Waals surface area contributed by atoms with Gasteiger partial charge in [0.1, 0.15) is 0 Å². The predicted molar refractivity (Wildman–Crippen MR) is 594 cm³/mol. The average Bonchev–Trinajstić information content (AvgIpc) is 1.61. The summed E-state index contributed by atoms with van der Waals surface area (Å²) in [4.78, 5) is 19.6. The first-order valence-electron chi connectivity index (χ1n) is 58.4. The number of hydrogen-bond donors (Lipinski definition) is 2. The molecule has 0 saturated heterocycles. The van der Waals surface area contributed by atoms with Crippen LogP contribution in [0.25, 0.3) is 90.9 Å². The average molecular weight is 1860 g/mol. The predicted octanol–water partition coefficient (Wildman–Crippen LogP) is 41.6. The van der Waals surface area contributed by atoms with Crippen molar-refractivity contribution in [1.29, 1.82) is 0 Å². The zero-order valence-corrected chi connectivity index (χ0v) is 88.0. The molecule has 0 unspecified atom stereocenters. The van der Waals surface area contributed by atoms with Crippen molar-refractivity contribution in [2.75, 3.05) is 26.4 Å². The largest absolute Gasteiger partial charge is 0.377 e. The van der Waals surface area contributed by atoms with Gasteiger partial charge in [-0.05, 0) is 119 Å². The van der Waals surface area contributed by atoms with Crippen molar-refractivity contribution in [2.45, 2.75) is 516 Å². The number of H-pyrrole nitrogens is 2. The molecule has 2 aliphatic rings. The first kappa shape index (κ1) is 113. The Morgan fingerprint density at radius 3 is 0.434 bits per heavy atom.